The summed E-state index contributed by atoms with van der Waals surface area (Å²) in [4.78, 5) is 0. The number of hydrogen-bond acceptors (Lipinski definition) is 4. The van der Waals surface area contributed by atoms with Crippen LogP contribution in [-0.2, 0) is 9.47 Å². The summed E-state index contributed by atoms with van der Waals surface area (Å²) < 4.78 is 10.8. The van der Waals surface area contributed by atoms with Crippen LogP contribution in [0.2, 0.25) is 0 Å². The summed E-state index contributed by atoms with van der Waals surface area (Å²) >= 11 is 0. The van der Waals surface area contributed by atoms with E-state index in [9.17, 15) is 5.26 Å². The largest absolute Gasteiger partial charge is 0.379 e. The molecule has 1 unspecified atom stereocenters. The van der Waals surface area contributed by atoms with Gasteiger partial charge in [-0.3, -0.25) is 5.32 Å². The van der Waals surface area contributed by atoms with Crippen molar-refractivity contribution >= 4 is 0 Å². The third kappa shape index (κ3) is 8.99. The highest BCUT2D eigenvalue weighted by molar-refractivity contribution is 5.06. The summed E-state index contributed by atoms with van der Waals surface area (Å²) in [5, 5.41) is 12.7. The average molecular weight is 270 g/mol. The molecule has 0 bridgehead atoms. The Hall–Kier alpha value is -0.630. The average Bonchev–Trinajstić information content (AvgIpc) is 2.40. The van der Waals surface area contributed by atoms with Crippen LogP contribution in [0.25, 0.3) is 0 Å². The van der Waals surface area contributed by atoms with Crippen LogP contribution in [0, 0.1) is 11.3 Å². The SMILES string of the molecule is CCCOCCOCCCC(C#N)(CC)NC(C)C. The first kappa shape index (κ1) is 18.4. The lowest BCUT2D eigenvalue weighted by molar-refractivity contribution is 0.0451. The van der Waals surface area contributed by atoms with Gasteiger partial charge in [-0.1, -0.05) is 13.8 Å². The second-order valence-corrected chi connectivity index (χ2v) is 5.17. The zero-order valence-corrected chi connectivity index (χ0v) is 13.0. The van der Waals surface area contributed by atoms with E-state index in [0.717, 1.165) is 32.3 Å². The maximum absolute atomic E-state index is 9.35. The van der Waals surface area contributed by atoms with E-state index in [1.165, 1.54) is 0 Å². The van der Waals surface area contributed by atoms with E-state index >= 15 is 0 Å². The molecule has 0 heterocycles. The molecule has 112 valence electrons. The number of nitriles is 1. The normalized spacial score (nSPS) is 14.3. The molecule has 4 nitrogen and oxygen atoms in total. The van der Waals surface area contributed by atoms with Gasteiger partial charge >= 0.3 is 0 Å². The van der Waals surface area contributed by atoms with E-state index in [1.54, 1.807) is 0 Å². The fourth-order valence-electron chi connectivity index (χ4n) is 2.01. The molecule has 0 rings (SSSR count). The fraction of sp³-hybridized carbons (Fsp3) is 0.933. The van der Waals surface area contributed by atoms with E-state index in [1.807, 2.05) is 0 Å². The quantitative estimate of drug-likeness (QED) is 0.554. The topological polar surface area (TPSA) is 54.3 Å². The second kappa shape index (κ2) is 11.2. The van der Waals surface area contributed by atoms with Crippen molar-refractivity contribution in [1.82, 2.24) is 5.32 Å². The predicted octanol–water partition coefficient (Wildman–Crippen LogP) is 2.88. The molecule has 0 aliphatic rings. The van der Waals surface area contributed by atoms with Crippen molar-refractivity contribution in [3.8, 4) is 6.07 Å². The first-order valence-electron chi connectivity index (χ1n) is 7.44. The van der Waals surface area contributed by atoms with Gasteiger partial charge in [0.15, 0.2) is 0 Å². The van der Waals surface area contributed by atoms with Gasteiger partial charge in [0.25, 0.3) is 0 Å². The van der Waals surface area contributed by atoms with Crippen LogP contribution < -0.4 is 5.32 Å². The molecule has 1 atom stereocenters. The van der Waals surface area contributed by atoms with E-state index in [0.29, 0.717) is 25.9 Å². The number of ether oxygens (including phenoxy) is 2. The molecular weight excluding hydrogens is 240 g/mol. The summed E-state index contributed by atoms with van der Waals surface area (Å²) in [5.74, 6) is 0. The molecule has 0 radical (unpaired) electrons. The van der Waals surface area contributed by atoms with Gasteiger partial charge in [0.1, 0.15) is 5.54 Å². The van der Waals surface area contributed by atoms with Crippen LogP contribution in [0.1, 0.15) is 53.4 Å². The Morgan fingerprint density at radius 1 is 1.11 bits per heavy atom. The van der Waals surface area contributed by atoms with Crippen molar-refractivity contribution in [1.29, 1.82) is 5.26 Å². The smallest absolute Gasteiger partial charge is 0.106 e. The third-order valence-electron chi connectivity index (χ3n) is 3.00. The van der Waals surface area contributed by atoms with E-state index in [-0.39, 0.29) is 0 Å². The summed E-state index contributed by atoms with van der Waals surface area (Å²) in [7, 11) is 0. The van der Waals surface area contributed by atoms with Crippen molar-refractivity contribution in [2.24, 2.45) is 0 Å². The minimum atomic E-state index is -0.407. The molecule has 19 heavy (non-hydrogen) atoms. The van der Waals surface area contributed by atoms with Crippen LogP contribution in [0.4, 0.5) is 0 Å². The second-order valence-electron chi connectivity index (χ2n) is 5.17. The highest BCUT2D eigenvalue weighted by Crippen LogP contribution is 2.17. The molecule has 0 aliphatic carbocycles. The van der Waals surface area contributed by atoms with Crippen molar-refractivity contribution in [3.05, 3.63) is 0 Å². The van der Waals surface area contributed by atoms with Gasteiger partial charge < -0.3 is 9.47 Å². The molecule has 0 aromatic heterocycles. The molecular formula is C15H30N2O2. The van der Waals surface area contributed by atoms with Gasteiger partial charge in [-0.25, -0.2) is 0 Å². The Morgan fingerprint density at radius 3 is 2.21 bits per heavy atom. The molecule has 0 aliphatic heterocycles. The Balaban J connectivity index is 3.74. The van der Waals surface area contributed by atoms with Crippen LogP contribution >= 0.6 is 0 Å². The van der Waals surface area contributed by atoms with Crippen molar-refractivity contribution in [2.45, 2.75) is 65.0 Å². The minimum absolute atomic E-state index is 0.322. The van der Waals surface area contributed by atoms with Gasteiger partial charge in [-0.15, -0.1) is 0 Å². The third-order valence-corrected chi connectivity index (χ3v) is 3.00. The Labute approximate surface area is 118 Å². The van der Waals surface area contributed by atoms with Crippen LogP contribution in [0.5, 0.6) is 0 Å². The van der Waals surface area contributed by atoms with Crippen molar-refractivity contribution < 1.29 is 9.47 Å². The molecule has 4 heteroatoms. The lowest BCUT2D eigenvalue weighted by atomic mass is 9.91. The van der Waals surface area contributed by atoms with Crippen molar-refractivity contribution in [3.63, 3.8) is 0 Å². The highest BCUT2D eigenvalue weighted by Gasteiger charge is 2.27. The summed E-state index contributed by atoms with van der Waals surface area (Å²) in [6, 6.07) is 2.75. The number of rotatable bonds is 12. The number of hydrogen-bond donors (Lipinski definition) is 1. The van der Waals surface area contributed by atoms with Crippen LogP contribution in [0.15, 0.2) is 0 Å². The lowest BCUT2D eigenvalue weighted by Crippen LogP contribution is -2.47. The molecule has 1 N–H and O–H groups in total. The van der Waals surface area contributed by atoms with Crippen molar-refractivity contribution in [2.75, 3.05) is 26.4 Å². The summed E-state index contributed by atoms with van der Waals surface area (Å²) in [6.07, 6.45) is 3.59. The zero-order chi connectivity index (χ0) is 14.6. The molecule has 0 aromatic carbocycles. The molecule has 0 saturated heterocycles. The maximum Gasteiger partial charge on any atom is 0.106 e. The monoisotopic (exact) mass is 270 g/mol. The molecule has 0 aromatic rings. The standard InChI is InChI=1S/C15H30N2O2/c1-5-9-18-11-12-19-10-7-8-15(6-2,13-16)17-14(3)4/h14,17H,5-12H2,1-4H3. The van der Waals surface area contributed by atoms with Gasteiger partial charge in [-0.2, -0.15) is 5.26 Å². The molecule has 0 spiro atoms. The maximum atomic E-state index is 9.35. The zero-order valence-electron chi connectivity index (χ0n) is 13.0. The number of nitrogens with zero attached hydrogens (tertiary/aromatic N) is 1. The van der Waals surface area contributed by atoms with E-state index in [4.69, 9.17) is 9.47 Å². The van der Waals surface area contributed by atoms with Gasteiger partial charge in [0.2, 0.25) is 0 Å². The summed E-state index contributed by atoms with van der Waals surface area (Å²) in [5.41, 5.74) is -0.407. The van der Waals surface area contributed by atoms with Gasteiger partial charge in [0, 0.05) is 19.3 Å². The highest BCUT2D eigenvalue weighted by atomic mass is 16.5. The first-order valence-corrected chi connectivity index (χ1v) is 7.44. The first-order chi connectivity index (χ1) is 9.10. The number of nitrogens with one attached hydrogen (secondary N) is 1. The minimum Gasteiger partial charge on any atom is -0.379 e. The molecule has 0 fully saturated rings. The fourth-order valence-corrected chi connectivity index (χ4v) is 2.01. The molecule has 0 amide bonds. The predicted molar refractivity (Wildman–Crippen MR) is 78.1 cm³/mol. The van der Waals surface area contributed by atoms with Gasteiger partial charge in [-0.05, 0) is 39.5 Å². The Kier molecular flexibility index (Phi) is 10.8. The van der Waals surface area contributed by atoms with Crippen LogP contribution in [0.3, 0.4) is 0 Å². The summed E-state index contributed by atoms with van der Waals surface area (Å²) in [6.45, 7) is 11.1. The molecule has 0 saturated carbocycles. The Morgan fingerprint density at radius 2 is 1.74 bits per heavy atom. The lowest BCUT2D eigenvalue weighted by Gasteiger charge is -2.29. The van der Waals surface area contributed by atoms with Crippen LogP contribution in [-0.4, -0.2) is 38.0 Å². The Bertz CT molecular complexity index is 251. The van der Waals surface area contributed by atoms with E-state index < -0.39 is 5.54 Å². The van der Waals surface area contributed by atoms with E-state index in [2.05, 4.69) is 39.1 Å². The van der Waals surface area contributed by atoms with Gasteiger partial charge in [0.05, 0.1) is 19.3 Å².